The predicted molar refractivity (Wildman–Crippen MR) is 145 cm³/mol. The maximum atomic E-state index is 12.7. The Hall–Kier alpha value is -4.25. The number of carbonyl (C=O) groups is 2. The van der Waals surface area contributed by atoms with Gasteiger partial charge < -0.3 is 14.7 Å². The smallest absolute Gasteiger partial charge is 0.415 e. The number of carbonyl (C=O) groups excluding carboxylic acids is 1. The van der Waals surface area contributed by atoms with Crippen LogP contribution < -0.4 is 4.74 Å². The first-order chi connectivity index (χ1) is 18.9. The van der Waals surface area contributed by atoms with Crippen LogP contribution in [0.1, 0.15) is 40.0 Å². The van der Waals surface area contributed by atoms with Crippen molar-refractivity contribution in [2.75, 3.05) is 13.1 Å². The highest BCUT2D eigenvalue weighted by atomic mass is 32.2. The quantitative estimate of drug-likeness (QED) is 0.339. The molecule has 0 saturated carbocycles. The summed E-state index contributed by atoms with van der Waals surface area (Å²) in [6.07, 6.45) is 4.76. The Balaban J connectivity index is 1.09. The molecule has 1 aliphatic heterocycles. The number of ether oxygens (including phenoxy) is 1. The molecule has 5 rings (SSSR count). The molecule has 11 heteroatoms. The summed E-state index contributed by atoms with van der Waals surface area (Å²) in [6.45, 7) is 3.21. The number of carboxylic acids is 1. The molecule has 0 aliphatic carbocycles. The fraction of sp³-hybridized carbons (Fsp3) is 0.286. The van der Waals surface area contributed by atoms with Crippen LogP contribution in [0.25, 0.3) is 5.69 Å². The van der Waals surface area contributed by atoms with E-state index >= 15 is 0 Å². The lowest BCUT2D eigenvalue weighted by molar-refractivity contribution is 0.0696. The second-order valence-electron chi connectivity index (χ2n) is 9.37. The molecule has 0 radical (unpaired) electrons. The molecule has 0 bridgehead atoms. The Morgan fingerprint density at radius 2 is 1.77 bits per heavy atom. The average Bonchev–Trinajstić information content (AvgIpc) is 3.41. The highest BCUT2D eigenvalue weighted by Gasteiger charge is 2.26. The lowest BCUT2D eigenvalue weighted by Gasteiger charge is -2.30. The minimum atomic E-state index is -0.984. The summed E-state index contributed by atoms with van der Waals surface area (Å²) in [5, 5.41) is 21.9. The molecule has 0 atom stereocenters. The molecule has 2 aromatic heterocycles. The van der Waals surface area contributed by atoms with E-state index in [2.05, 4.69) is 33.5 Å². The fourth-order valence-electron chi connectivity index (χ4n) is 4.36. The van der Waals surface area contributed by atoms with Crippen LogP contribution >= 0.6 is 11.8 Å². The summed E-state index contributed by atoms with van der Waals surface area (Å²) in [6, 6.07) is 18.1. The van der Waals surface area contributed by atoms with Gasteiger partial charge in [0, 0.05) is 30.2 Å². The number of benzene rings is 2. The number of tetrazole rings is 1. The third kappa shape index (κ3) is 6.80. The molecule has 10 nitrogen and oxygen atoms in total. The van der Waals surface area contributed by atoms with Crippen LogP contribution in [-0.4, -0.2) is 65.6 Å². The monoisotopic (exact) mass is 544 g/mol. The number of pyridine rings is 1. The number of thioether (sulfide) groups is 1. The molecular formula is C28H28N6O4S. The van der Waals surface area contributed by atoms with E-state index in [4.69, 9.17) is 9.84 Å². The lowest BCUT2D eigenvalue weighted by atomic mass is 10.1. The summed E-state index contributed by atoms with van der Waals surface area (Å²) in [4.78, 5) is 30.0. The molecule has 1 aliphatic rings. The van der Waals surface area contributed by atoms with E-state index in [1.165, 1.54) is 17.7 Å². The zero-order valence-corrected chi connectivity index (χ0v) is 22.3. The van der Waals surface area contributed by atoms with Crippen molar-refractivity contribution in [1.82, 2.24) is 30.1 Å². The topological polar surface area (TPSA) is 123 Å². The highest BCUT2D eigenvalue weighted by Crippen LogP contribution is 2.30. The van der Waals surface area contributed by atoms with Gasteiger partial charge in [0.2, 0.25) is 5.16 Å². The van der Waals surface area contributed by atoms with Gasteiger partial charge >= 0.3 is 12.1 Å². The summed E-state index contributed by atoms with van der Waals surface area (Å²) in [5.74, 6) is -0.455. The Morgan fingerprint density at radius 1 is 1.03 bits per heavy atom. The van der Waals surface area contributed by atoms with E-state index in [9.17, 15) is 9.59 Å². The minimum absolute atomic E-state index is 0.201. The number of amides is 1. The number of hydrogen-bond acceptors (Lipinski definition) is 8. The number of nitrogens with zero attached hydrogens (tertiary/aromatic N) is 6. The van der Waals surface area contributed by atoms with Crippen molar-refractivity contribution in [3.05, 3.63) is 89.2 Å². The lowest BCUT2D eigenvalue weighted by Crippen LogP contribution is -2.41. The van der Waals surface area contributed by atoms with Gasteiger partial charge in [0.1, 0.15) is 5.75 Å². The molecule has 1 amide bonds. The van der Waals surface area contributed by atoms with Crippen LogP contribution in [0.15, 0.2) is 72.0 Å². The van der Waals surface area contributed by atoms with Gasteiger partial charge in [-0.15, -0.1) is 5.10 Å². The number of likely N-dealkylation sites (tertiary alicyclic amines) is 1. The van der Waals surface area contributed by atoms with Crippen molar-refractivity contribution in [2.45, 2.75) is 43.0 Å². The Kier molecular flexibility index (Phi) is 8.16. The first kappa shape index (κ1) is 26.4. The molecule has 3 heterocycles. The van der Waals surface area contributed by atoms with Gasteiger partial charge in [-0.2, -0.15) is 4.68 Å². The van der Waals surface area contributed by atoms with E-state index in [1.54, 1.807) is 33.5 Å². The first-order valence-electron chi connectivity index (χ1n) is 12.7. The van der Waals surface area contributed by atoms with E-state index in [-0.39, 0.29) is 16.9 Å². The molecule has 39 heavy (non-hydrogen) atoms. The second kappa shape index (κ2) is 12.1. The SMILES string of the molecule is Cc1ccnc(CCc2ccc(OC(=O)N3CCC(Sc4nnnn4-c4ccc(C(=O)O)cc4)CC3)cc2)c1. The standard InChI is InChI=1S/C28H28N6O4S/c1-19-12-15-29-22(18-19)7-2-20-3-10-24(11-4-20)38-28(37)33-16-13-25(14-17-33)39-27-30-31-32-34(27)23-8-5-21(6-9-23)26(35)36/h3-6,8-12,15,18,25H,2,7,13-14,16-17H2,1H3,(H,35,36). The normalized spacial score (nSPS) is 13.8. The van der Waals surface area contributed by atoms with Crippen LogP contribution in [-0.2, 0) is 12.8 Å². The largest absolute Gasteiger partial charge is 0.478 e. The number of carboxylic acid groups (broad SMARTS) is 1. The zero-order valence-electron chi connectivity index (χ0n) is 21.4. The molecule has 0 spiro atoms. The number of rotatable bonds is 8. The maximum absolute atomic E-state index is 12.7. The predicted octanol–water partition coefficient (Wildman–Crippen LogP) is 4.60. The molecule has 1 N–H and O–H groups in total. The Labute approximate surface area is 230 Å². The van der Waals surface area contributed by atoms with E-state index in [0.717, 1.165) is 36.9 Å². The number of aromatic carboxylic acids is 1. The summed E-state index contributed by atoms with van der Waals surface area (Å²) >= 11 is 1.55. The second-order valence-corrected chi connectivity index (χ2v) is 10.6. The van der Waals surface area contributed by atoms with E-state index in [0.29, 0.717) is 29.7 Å². The molecule has 0 unspecified atom stereocenters. The van der Waals surface area contributed by atoms with Gasteiger partial charge in [-0.05, 0) is 103 Å². The molecule has 4 aromatic rings. The Morgan fingerprint density at radius 3 is 2.46 bits per heavy atom. The van der Waals surface area contributed by atoms with Gasteiger partial charge in [0.25, 0.3) is 0 Å². The van der Waals surface area contributed by atoms with Crippen molar-refractivity contribution in [3.8, 4) is 11.4 Å². The minimum Gasteiger partial charge on any atom is -0.478 e. The molecular weight excluding hydrogens is 516 g/mol. The van der Waals surface area contributed by atoms with Crippen LogP contribution in [0.2, 0.25) is 0 Å². The third-order valence-electron chi connectivity index (χ3n) is 6.54. The highest BCUT2D eigenvalue weighted by molar-refractivity contribution is 7.99. The van der Waals surface area contributed by atoms with Gasteiger partial charge in [0.15, 0.2) is 0 Å². The molecule has 200 valence electrons. The summed E-state index contributed by atoms with van der Waals surface area (Å²) in [5.41, 5.74) is 4.32. The third-order valence-corrected chi connectivity index (χ3v) is 7.81. The fourth-order valence-corrected chi connectivity index (χ4v) is 5.43. The van der Waals surface area contributed by atoms with Crippen LogP contribution in [0.5, 0.6) is 5.75 Å². The van der Waals surface area contributed by atoms with Gasteiger partial charge in [-0.1, -0.05) is 23.9 Å². The Bertz CT molecular complexity index is 1430. The van der Waals surface area contributed by atoms with Gasteiger partial charge in [-0.25, -0.2) is 9.59 Å². The zero-order chi connectivity index (χ0) is 27.2. The van der Waals surface area contributed by atoms with Crippen LogP contribution in [0, 0.1) is 6.92 Å². The average molecular weight is 545 g/mol. The van der Waals surface area contributed by atoms with Crippen molar-refractivity contribution in [1.29, 1.82) is 0 Å². The summed E-state index contributed by atoms with van der Waals surface area (Å²) < 4.78 is 7.22. The van der Waals surface area contributed by atoms with Crippen LogP contribution in [0.4, 0.5) is 4.79 Å². The van der Waals surface area contributed by atoms with E-state index < -0.39 is 5.97 Å². The van der Waals surface area contributed by atoms with Crippen molar-refractivity contribution in [2.24, 2.45) is 0 Å². The maximum Gasteiger partial charge on any atom is 0.415 e. The van der Waals surface area contributed by atoms with Gasteiger partial charge in [0.05, 0.1) is 11.3 Å². The molecule has 1 saturated heterocycles. The van der Waals surface area contributed by atoms with Crippen molar-refractivity contribution < 1.29 is 19.4 Å². The van der Waals surface area contributed by atoms with Gasteiger partial charge in [-0.3, -0.25) is 4.98 Å². The molecule has 2 aromatic carbocycles. The van der Waals surface area contributed by atoms with Crippen molar-refractivity contribution >= 4 is 23.8 Å². The number of hydrogen-bond donors (Lipinski definition) is 1. The van der Waals surface area contributed by atoms with Crippen LogP contribution in [0.3, 0.4) is 0 Å². The molecule has 1 fully saturated rings. The number of aromatic nitrogens is 5. The van der Waals surface area contributed by atoms with E-state index in [1.807, 2.05) is 36.5 Å². The first-order valence-corrected chi connectivity index (χ1v) is 13.6. The number of aryl methyl sites for hydroxylation is 3. The number of piperidine rings is 1. The summed E-state index contributed by atoms with van der Waals surface area (Å²) in [7, 11) is 0. The van der Waals surface area contributed by atoms with Crippen molar-refractivity contribution in [3.63, 3.8) is 0 Å².